The first-order valence-corrected chi connectivity index (χ1v) is 12.4. The Morgan fingerprint density at radius 2 is 1.54 bits per heavy atom. The van der Waals surface area contributed by atoms with E-state index in [0.717, 1.165) is 5.56 Å². The highest BCUT2D eigenvalue weighted by atomic mass is 16.4. The average molecular weight is 521 g/mol. The average Bonchev–Trinajstić information content (AvgIpc) is 2.85. The summed E-state index contributed by atoms with van der Waals surface area (Å²) in [6.45, 7) is 3.99. The highest BCUT2D eigenvalue weighted by molar-refractivity contribution is 5.95. The van der Waals surface area contributed by atoms with E-state index in [1.54, 1.807) is 37.3 Å². The second kappa shape index (κ2) is 16.3. The number of carboxylic acid groups (broad SMARTS) is 1. The fourth-order valence-corrected chi connectivity index (χ4v) is 3.61. The van der Waals surface area contributed by atoms with E-state index in [1.165, 1.54) is 0 Å². The van der Waals surface area contributed by atoms with Crippen LogP contribution in [0.2, 0.25) is 0 Å². The zero-order valence-corrected chi connectivity index (χ0v) is 21.4. The van der Waals surface area contributed by atoms with E-state index in [1.807, 2.05) is 6.92 Å². The Morgan fingerprint density at radius 3 is 2.08 bits per heavy atom. The van der Waals surface area contributed by atoms with Gasteiger partial charge in [0.05, 0.1) is 12.5 Å². The number of carbonyl (C=O) groups is 5. The molecule has 1 rings (SSSR count). The van der Waals surface area contributed by atoms with Gasteiger partial charge in [0, 0.05) is 6.42 Å². The van der Waals surface area contributed by atoms with Crippen LogP contribution in [0, 0.1) is 5.92 Å². The van der Waals surface area contributed by atoms with Crippen molar-refractivity contribution in [3.63, 3.8) is 0 Å². The molecule has 0 radical (unpaired) electrons. The van der Waals surface area contributed by atoms with Crippen LogP contribution in [-0.2, 0) is 30.4 Å². The van der Waals surface area contributed by atoms with Gasteiger partial charge in [-0.1, -0.05) is 50.6 Å². The topological polar surface area (TPSA) is 220 Å². The first-order valence-electron chi connectivity index (χ1n) is 12.4. The quantitative estimate of drug-likeness (QED) is 0.128. The zero-order chi connectivity index (χ0) is 28.0. The molecule has 0 saturated heterocycles. The number of carboxylic acids is 1. The van der Waals surface area contributed by atoms with E-state index >= 15 is 0 Å². The maximum absolute atomic E-state index is 13.3. The molecule has 0 aliphatic heterocycles. The van der Waals surface area contributed by atoms with E-state index in [0.29, 0.717) is 25.8 Å². The number of primary amides is 1. The number of hydrogen-bond donors (Lipinski definition) is 7. The molecular weight excluding hydrogens is 480 g/mol. The fourth-order valence-electron chi connectivity index (χ4n) is 3.61. The van der Waals surface area contributed by atoms with Gasteiger partial charge >= 0.3 is 5.97 Å². The van der Waals surface area contributed by atoms with Gasteiger partial charge in [-0.3, -0.25) is 19.2 Å². The first kappa shape index (κ1) is 31.5. The van der Waals surface area contributed by atoms with Crippen LogP contribution in [-0.4, -0.2) is 65.4 Å². The van der Waals surface area contributed by atoms with Gasteiger partial charge in [-0.2, -0.15) is 0 Å². The largest absolute Gasteiger partial charge is 0.480 e. The molecule has 0 spiro atoms. The number of nitrogens with two attached hydrogens (primary N) is 3. The third kappa shape index (κ3) is 11.4. The van der Waals surface area contributed by atoms with E-state index in [2.05, 4.69) is 16.0 Å². The summed E-state index contributed by atoms with van der Waals surface area (Å²) >= 11 is 0. The van der Waals surface area contributed by atoms with Gasteiger partial charge in [-0.05, 0) is 37.3 Å². The van der Waals surface area contributed by atoms with E-state index in [9.17, 15) is 29.1 Å². The van der Waals surface area contributed by atoms with Crippen LogP contribution in [0.5, 0.6) is 0 Å². The van der Waals surface area contributed by atoms with Crippen LogP contribution in [0.15, 0.2) is 30.3 Å². The summed E-state index contributed by atoms with van der Waals surface area (Å²) < 4.78 is 0. The molecule has 10 N–H and O–H groups in total. The van der Waals surface area contributed by atoms with Crippen LogP contribution in [0.4, 0.5) is 0 Å². The van der Waals surface area contributed by atoms with Crippen molar-refractivity contribution < 1.29 is 29.1 Å². The molecule has 12 nitrogen and oxygen atoms in total. The molecule has 0 aromatic heterocycles. The maximum atomic E-state index is 13.3. The van der Waals surface area contributed by atoms with Gasteiger partial charge in [0.15, 0.2) is 0 Å². The van der Waals surface area contributed by atoms with Gasteiger partial charge in [-0.15, -0.1) is 0 Å². The maximum Gasteiger partial charge on any atom is 0.326 e. The van der Waals surface area contributed by atoms with Crippen molar-refractivity contribution in [2.24, 2.45) is 23.1 Å². The highest BCUT2D eigenvalue weighted by Gasteiger charge is 2.33. The molecule has 0 heterocycles. The lowest BCUT2D eigenvalue weighted by Gasteiger charge is -2.28. The molecule has 0 bridgehead atoms. The summed E-state index contributed by atoms with van der Waals surface area (Å²) in [5.74, 6) is -4.33. The summed E-state index contributed by atoms with van der Waals surface area (Å²) in [6, 6.07) is 4.34. The SMILES string of the molecule is CCC(C)C(NC(=O)C(Cc1ccccc1)NC(=O)C(N)CC(N)=O)C(=O)NC(CCCCN)C(=O)O. The monoisotopic (exact) mass is 520 g/mol. The van der Waals surface area contributed by atoms with Gasteiger partial charge in [0.1, 0.15) is 18.1 Å². The molecule has 5 unspecified atom stereocenters. The number of hydrogen-bond acceptors (Lipinski definition) is 7. The molecule has 206 valence electrons. The highest BCUT2D eigenvalue weighted by Crippen LogP contribution is 2.12. The molecule has 1 aromatic rings. The van der Waals surface area contributed by atoms with Crippen LogP contribution in [0.25, 0.3) is 0 Å². The number of benzene rings is 1. The Hall–Kier alpha value is -3.51. The number of unbranched alkanes of at least 4 members (excludes halogenated alkanes) is 1. The Kier molecular flexibility index (Phi) is 13.9. The van der Waals surface area contributed by atoms with Crippen LogP contribution in [0.3, 0.4) is 0 Å². The van der Waals surface area contributed by atoms with E-state index < -0.39 is 60.2 Å². The van der Waals surface area contributed by atoms with E-state index in [-0.39, 0.29) is 18.8 Å². The van der Waals surface area contributed by atoms with Crippen molar-refractivity contribution >= 4 is 29.6 Å². The van der Waals surface area contributed by atoms with Crippen molar-refractivity contribution in [2.75, 3.05) is 6.54 Å². The van der Waals surface area contributed by atoms with Crippen molar-refractivity contribution in [1.29, 1.82) is 0 Å². The molecular formula is C25H40N6O6. The predicted octanol–water partition coefficient (Wildman–Crippen LogP) is -0.854. The molecule has 0 aliphatic carbocycles. The Balaban J connectivity index is 3.10. The lowest BCUT2D eigenvalue weighted by atomic mass is 9.96. The summed E-state index contributed by atoms with van der Waals surface area (Å²) in [6.07, 6.45) is 1.54. The van der Waals surface area contributed by atoms with Crippen molar-refractivity contribution in [2.45, 2.75) is 76.5 Å². The molecule has 1 aromatic carbocycles. The molecule has 4 amide bonds. The zero-order valence-electron chi connectivity index (χ0n) is 21.4. The second-order valence-corrected chi connectivity index (χ2v) is 9.08. The Labute approximate surface area is 217 Å². The minimum atomic E-state index is -1.25. The third-order valence-corrected chi connectivity index (χ3v) is 6.03. The third-order valence-electron chi connectivity index (χ3n) is 6.03. The molecule has 37 heavy (non-hydrogen) atoms. The Morgan fingerprint density at radius 1 is 0.919 bits per heavy atom. The van der Waals surface area contributed by atoms with Crippen LogP contribution < -0.4 is 33.2 Å². The number of aliphatic carboxylic acids is 1. The summed E-state index contributed by atoms with van der Waals surface area (Å²) in [4.78, 5) is 61.8. The van der Waals surface area contributed by atoms with Crippen LogP contribution >= 0.6 is 0 Å². The van der Waals surface area contributed by atoms with Crippen LogP contribution in [0.1, 0.15) is 51.5 Å². The van der Waals surface area contributed by atoms with Crippen molar-refractivity contribution in [3.05, 3.63) is 35.9 Å². The Bertz CT molecular complexity index is 912. The predicted molar refractivity (Wildman–Crippen MR) is 138 cm³/mol. The van der Waals surface area contributed by atoms with Crippen molar-refractivity contribution in [3.8, 4) is 0 Å². The summed E-state index contributed by atoms with van der Waals surface area (Å²) in [5, 5.41) is 17.3. The fraction of sp³-hybridized carbons (Fsp3) is 0.560. The summed E-state index contributed by atoms with van der Waals surface area (Å²) in [7, 11) is 0. The van der Waals surface area contributed by atoms with Gasteiger partial charge in [0.25, 0.3) is 0 Å². The smallest absolute Gasteiger partial charge is 0.326 e. The standard InChI is InChI=1S/C25H40N6O6/c1-3-15(2)21(24(35)29-18(25(36)37)11-7-8-12-26)31-23(34)19(13-16-9-5-4-6-10-16)30-22(33)17(27)14-20(28)32/h4-6,9-10,15,17-19,21H,3,7-8,11-14,26-27H2,1-2H3,(H2,28,32)(H,29,35)(H,30,33)(H,31,34)(H,36,37). The van der Waals surface area contributed by atoms with Gasteiger partial charge < -0.3 is 38.3 Å². The lowest BCUT2D eigenvalue weighted by molar-refractivity contribution is -0.143. The molecule has 0 fully saturated rings. The van der Waals surface area contributed by atoms with Gasteiger partial charge in [-0.25, -0.2) is 4.79 Å². The molecule has 0 aliphatic rings. The molecule has 12 heteroatoms. The molecule has 0 saturated carbocycles. The summed E-state index contributed by atoms with van der Waals surface area (Å²) in [5.41, 5.74) is 17.1. The minimum Gasteiger partial charge on any atom is -0.480 e. The van der Waals surface area contributed by atoms with E-state index in [4.69, 9.17) is 17.2 Å². The van der Waals surface area contributed by atoms with Crippen molar-refractivity contribution in [1.82, 2.24) is 16.0 Å². The normalized spacial score (nSPS) is 14.9. The van der Waals surface area contributed by atoms with Gasteiger partial charge in [0.2, 0.25) is 23.6 Å². The second-order valence-electron chi connectivity index (χ2n) is 9.08. The number of nitrogens with one attached hydrogen (secondary N) is 3. The number of amides is 4. The minimum absolute atomic E-state index is 0.0907. The number of carbonyl (C=O) groups excluding carboxylic acids is 4. The lowest BCUT2D eigenvalue weighted by Crippen LogP contribution is -2.59. The molecule has 5 atom stereocenters. The first-order chi connectivity index (χ1) is 17.5. The number of rotatable bonds is 17.